The summed E-state index contributed by atoms with van der Waals surface area (Å²) in [7, 11) is 1.88. The number of imidazole rings is 1. The fourth-order valence-electron chi connectivity index (χ4n) is 2.72. The van der Waals surface area contributed by atoms with E-state index in [1.807, 2.05) is 40.4 Å². The number of nitriles is 1. The third-order valence-electron chi connectivity index (χ3n) is 3.60. The van der Waals surface area contributed by atoms with E-state index < -0.39 is 0 Å². The van der Waals surface area contributed by atoms with Gasteiger partial charge in [0, 0.05) is 30.2 Å². The summed E-state index contributed by atoms with van der Waals surface area (Å²) in [4.78, 5) is 8.89. The van der Waals surface area contributed by atoms with E-state index in [4.69, 9.17) is 5.26 Å². The van der Waals surface area contributed by atoms with Gasteiger partial charge in [-0.3, -0.25) is 4.57 Å². The first-order chi connectivity index (χ1) is 10.3. The molecule has 0 amide bonds. The van der Waals surface area contributed by atoms with Crippen molar-refractivity contribution in [2.24, 2.45) is 7.05 Å². The molecule has 3 heterocycles. The third-order valence-corrected chi connectivity index (χ3v) is 3.60. The van der Waals surface area contributed by atoms with Crippen molar-refractivity contribution in [1.82, 2.24) is 19.1 Å². The molecule has 0 atom stereocenters. The van der Waals surface area contributed by atoms with Gasteiger partial charge in [-0.25, -0.2) is 9.97 Å². The second-order valence-corrected chi connectivity index (χ2v) is 4.88. The molecule has 0 unspecified atom stereocenters. The van der Waals surface area contributed by atoms with E-state index >= 15 is 0 Å². The van der Waals surface area contributed by atoms with Gasteiger partial charge >= 0.3 is 0 Å². The maximum absolute atomic E-state index is 9.05. The Morgan fingerprint density at radius 1 is 1.10 bits per heavy atom. The number of aryl methyl sites for hydroxylation is 1. The number of aromatic nitrogens is 4. The molecule has 1 aromatic carbocycles. The highest BCUT2D eigenvalue weighted by molar-refractivity contribution is 6.07. The molecule has 4 rings (SSSR count). The van der Waals surface area contributed by atoms with Gasteiger partial charge in [-0.1, -0.05) is 18.2 Å². The zero-order chi connectivity index (χ0) is 14.4. The predicted molar refractivity (Wildman–Crippen MR) is 80.1 cm³/mol. The number of fused-ring (bicyclic) bond motifs is 3. The maximum Gasteiger partial charge on any atom is 0.217 e. The highest BCUT2D eigenvalue weighted by Crippen LogP contribution is 2.29. The zero-order valence-electron chi connectivity index (χ0n) is 11.4. The minimum Gasteiger partial charge on any atom is -0.318 e. The van der Waals surface area contributed by atoms with E-state index in [0.717, 1.165) is 21.9 Å². The first kappa shape index (κ1) is 11.7. The number of hydrogen-bond acceptors (Lipinski definition) is 3. The molecule has 0 N–H and O–H groups in total. The summed E-state index contributed by atoms with van der Waals surface area (Å²) in [5.41, 5.74) is 2.27. The molecule has 21 heavy (non-hydrogen) atoms. The lowest BCUT2D eigenvalue weighted by Crippen LogP contribution is -2.03. The lowest BCUT2D eigenvalue weighted by atomic mass is 10.2. The summed E-state index contributed by atoms with van der Waals surface area (Å²) in [6.45, 7) is 0. The number of rotatable bonds is 1. The summed E-state index contributed by atoms with van der Waals surface area (Å²) in [6, 6.07) is 14.2. The van der Waals surface area contributed by atoms with Gasteiger partial charge in [0.05, 0.1) is 5.52 Å². The first-order valence-electron chi connectivity index (χ1n) is 6.57. The number of benzene rings is 1. The van der Waals surface area contributed by atoms with E-state index in [0.29, 0.717) is 11.6 Å². The van der Waals surface area contributed by atoms with Crippen LogP contribution in [-0.2, 0) is 7.05 Å². The van der Waals surface area contributed by atoms with Crippen LogP contribution in [0.3, 0.4) is 0 Å². The monoisotopic (exact) mass is 273 g/mol. The van der Waals surface area contributed by atoms with Gasteiger partial charge in [-0.05, 0) is 18.2 Å². The second kappa shape index (κ2) is 4.18. The molecule has 4 aromatic rings. The largest absolute Gasteiger partial charge is 0.318 e. The molecular weight excluding hydrogens is 262 g/mol. The van der Waals surface area contributed by atoms with Crippen molar-refractivity contribution in [2.75, 3.05) is 0 Å². The van der Waals surface area contributed by atoms with Crippen molar-refractivity contribution in [1.29, 1.82) is 5.26 Å². The Hall–Kier alpha value is -3.13. The molecule has 0 fully saturated rings. The zero-order valence-corrected chi connectivity index (χ0v) is 11.4. The maximum atomic E-state index is 9.05. The Morgan fingerprint density at radius 2 is 1.90 bits per heavy atom. The lowest BCUT2D eigenvalue weighted by molar-refractivity contribution is 0.842. The summed E-state index contributed by atoms with van der Waals surface area (Å²) < 4.78 is 3.84. The van der Waals surface area contributed by atoms with E-state index in [-0.39, 0.29) is 0 Å². The molecule has 0 aliphatic carbocycles. The lowest BCUT2D eigenvalue weighted by Gasteiger charge is -2.05. The summed E-state index contributed by atoms with van der Waals surface area (Å²) in [6.07, 6.45) is 3.49. The molecule has 0 aliphatic rings. The highest BCUT2D eigenvalue weighted by atomic mass is 15.2. The summed E-state index contributed by atoms with van der Waals surface area (Å²) in [5.74, 6) is 0.691. The molecular formula is C16H11N5. The minimum absolute atomic E-state index is 0.398. The SMILES string of the molecule is Cn1cc(C#N)nc1-n1c2ccccc2c2cccnc21. The van der Waals surface area contributed by atoms with Crippen molar-refractivity contribution >= 4 is 21.9 Å². The Kier molecular flexibility index (Phi) is 2.33. The van der Waals surface area contributed by atoms with Crippen molar-refractivity contribution in [3.8, 4) is 12.0 Å². The molecule has 3 aromatic heterocycles. The fourth-order valence-corrected chi connectivity index (χ4v) is 2.72. The first-order valence-corrected chi connectivity index (χ1v) is 6.57. The smallest absolute Gasteiger partial charge is 0.217 e. The van der Waals surface area contributed by atoms with Crippen LogP contribution < -0.4 is 0 Å². The molecule has 0 aliphatic heterocycles. The van der Waals surface area contributed by atoms with E-state index in [9.17, 15) is 0 Å². The molecule has 0 spiro atoms. The molecule has 0 saturated heterocycles. The summed E-state index contributed by atoms with van der Waals surface area (Å²) in [5, 5.41) is 11.3. The van der Waals surface area contributed by atoms with Crippen LogP contribution in [0.1, 0.15) is 5.69 Å². The van der Waals surface area contributed by atoms with Crippen LogP contribution in [0.2, 0.25) is 0 Å². The normalized spacial score (nSPS) is 11.0. The van der Waals surface area contributed by atoms with Crippen LogP contribution >= 0.6 is 0 Å². The average molecular weight is 273 g/mol. The second-order valence-electron chi connectivity index (χ2n) is 4.88. The van der Waals surface area contributed by atoms with Crippen LogP contribution in [-0.4, -0.2) is 19.1 Å². The Bertz CT molecular complexity index is 963. The predicted octanol–water partition coefficient (Wildman–Crippen LogP) is 2.78. The fraction of sp³-hybridized carbons (Fsp3) is 0.0625. The van der Waals surface area contributed by atoms with Gasteiger partial charge in [0.25, 0.3) is 0 Å². The van der Waals surface area contributed by atoms with Crippen LogP contribution in [0.5, 0.6) is 0 Å². The quantitative estimate of drug-likeness (QED) is 0.536. The van der Waals surface area contributed by atoms with Gasteiger partial charge in [0.2, 0.25) is 5.95 Å². The van der Waals surface area contributed by atoms with Gasteiger partial charge in [0.1, 0.15) is 11.7 Å². The van der Waals surface area contributed by atoms with Crippen molar-refractivity contribution in [3.63, 3.8) is 0 Å². The Balaban J connectivity index is 2.20. The van der Waals surface area contributed by atoms with Crippen LogP contribution in [0.4, 0.5) is 0 Å². The number of pyridine rings is 1. The van der Waals surface area contributed by atoms with E-state index in [1.165, 1.54) is 0 Å². The standard InChI is InChI=1S/C16H11N5/c1-20-10-11(9-17)19-16(20)21-14-7-3-2-5-12(14)13-6-4-8-18-15(13)21/h2-8,10H,1H3. The third kappa shape index (κ3) is 1.56. The molecule has 5 heteroatoms. The molecule has 100 valence electrons. The number of para-hydroxylation sites is 1. The highest BCUT2D eigenvalue weighted by Gasteiger charge is 2.16. The Morgan fingerprint density at radius 3 is 2.71 bits per heavy atom. The van der Waals surface area contributed by atoms with Gasteiger partial charge in [-0.15, -0.1) is 0 Å². The van der Waals surface area contributed by atoms with E-state index in [2.05, 4.69) is 28.2 Å². The van der Waals surface area contributed by atoms with Crippen LogP contribution in [0.15, 0.2) is 48.8 Å². The van der Waals surface area contributed by atoms with Gasteiger partial charge in [-0.2, -0.15) is 5.26 Å². The van der Waals surface area contributed by atoms with Crippen molar-refractivity contribution < 1.29 is 0 Å². The number of hydrogen-bond donors (Lipinski definition) is 0. The van der Waals surface area contributed by atoms with Crippen molar-refractivity contribution in [3.05, 3.63) is 54.5 Å². The minimum atomic E-state index is 0.398. The topological polar surface area (TPSA) is 59.4 Å². The number of nitrogens with zero attached hydrogens (tertiary/aromatic N) is 5. The van der Waals surface area contributed by atoms with Gasteiger partial charge in [0.15, 0.2) is 5.69 Å². The average Bonchev–Trinajstić information content (AvgIpc) is 3.05. The molecule has 0 radical (unpaired) electrons. The summed E-state index contributed by atoms with van der Waals surface area (Å²) >= 11 is 0. The van der Waals surface area contributed by atoms with Crippen molar-refractivity contribution in [2.45, 2.75) is 0 Å². The van der Waals surface area contributed by atoms with E-state index in [1.54, 1.807) is 12.4 Å². The molecule has 0 saturated carbocycles. The van der Waals surface area contributed by atoms with Crippen LogP contribution in [0.25, 0.3) is 27.9 Å². The molecule has 5 nitrogen and oxygen atoms in total. The Labute approximate surface area is 120 Å². The van der Waals surface area contributed by atoms with Gasteiger partial charge < -0.3 is 4.57 Å². The molecule has 0 bridgehead atoms. The van der Waals surface area contributed by atoms with Crippen LogP contribution in [0, 0.1) is 11.3 Å².